The maximum Gasteiger partial charge on any atom is 0.374 e. The molecule has 0 bridgehead atoms. The number of benzene rings is 10. The first-order valence-electron chi connectivity index (χ1n) is 40.0. The zero-order valence-corrected chi connectivity index (χ0v) is 75.2. The van der Waals surface area contributed by atoms with E-state index in [9.17, 15) is 86.7 Å². The second kappa shape index (κ2) is 42.7. The van der Waals surface area contributed by atoms with E-state index in [1.807, 2.05) is 41.2 Å². The fourth-order valence-electron chi connectivity index (χ4n) is 14.6. The smallest absolute Gasteiger partial charge is 0.374 e. The summed E-state index contributed by atoms with van der Waals surface area (Å²) in [5.41, 5.74) is 18.8. The van der Waals surface area contributed by atoms with Crippen LogP contribution in [-0.2, 0) is 38.4 Å². The number of carboxylic acids is 1. The van der Waals surface area contributed by atoms with Crippen LogP contribution in [0, 0.1) is 21.0 Å². The summed E-state index contributed by atoms with van der Waals surface area (Å²) >= 11 is 26.4. The molecule has 690 valence electrons. The number of hydrogen-bond acceptors (Lipinski definition) is 13. The normalized spacial score (nSPS) is 18.1. The second-order valence-corrected chi connectivity index (χ2v) is 33.6. The van der Waals surface area contributed by atoms with E-state index in [1.165, 1.54) is 56.8 Å². The van der Waals surface area contributed by atoms with E-state index >= 15 is 0 Å². The molecular weight excluding hydrogens is 1940 g/mol. The highest BCUT2D eigenvalue weighted by Gasteiger charge is 2.48. The third kappa shape index (κ3) is 25.2. The van der Waals surface area contributed by atoms with E-state index in [-0.39, 0.29) is 72.4 Å². The second-order valence-electron chi connectivity index (χ2n) is 30.6. The number of aliphatic carboxylic acids is 1. The van der Waals surface area contributed by atoms with Crippen molar-refractivity contribution in [2.45, 2.75) is 125 Å². The van der Waals surface area contributed by atoms with Crippen molar-refractivity contribution >= 4 is 160 Å². The predicted molar refractivity (Wildman–Crippen MR) is 486 cm³/mol. The molecule has 10 N–H and O–H groups in total. The molecule has 17 rings (SSSR count). The van der Waals surface area contributed by atoms with Crippen molar-refractivity contribution in [2.75, 3.05) is 16.8 Å². The molecule has 0 unspecified atom stereocenters. The van der Waals surface area contributed by atoms with E-state index in [2.05, 4.69) is 76.3 Å². The minimum atomic E-state index is -3.59. The van der Waals surface area contributed by atoms with Crippen molar-refractivity contribution in [3.63, 3.8) is 0 Å². The number of hydrogen-bond donors (Lipinski definition) is 8. The molecule has 4 saturated heterocycles. The molecule has 24 nitrogen and oxygen atoms in total. The lowest BCUT2D eigenvalue weighted by Crippen LogP contribution is -2.46. The van der Waals surface area contributed by atoms with Gasteiger partial charge in [0.25, 0.3) is 17.7 Å². The van der Waals surface area contributed by atoms with Gasteiger partial charge in [0.2, 0.25) is 23.6 Å². The Labute approximate surface area is 780 Å². The van der Waals surface area contributed by atoms with Crippen LogP contribution in [-0.4, -0.2) is 137 Å². The van der Waals surface area contributed by atoms with Gasteiger partial charge in [-0.15, -0.1) is 0 Å². The van der Waals surface area contributed by atoms with Crippen LogP contribution in [0.4, 0.5) is 59.7 Å². The molecule has 0 aliphatic carbocycles. The number of alkyl halides is 8. The fourth-order valence-corrected chi connectivity index (χ4v) is 15.9. The number of halogens is 16. The van der Waals surface area contributed by atoms with Gasteiger partial charge in [-0.2, -0.15) is 50.4 Å². The van der Waals surface area contributed by atoms with Gasteiger partial charge in [0.05, 0.1) is 94.5 Å². The molecule has 13 aromatic rings. The van der Waals surface area contributed by atoms with E-state index in [0.717, 1.165) is 33.2 Å². The van der Waals surface area contributed by atoms with Gasteiger partial charge in [-0.3, -0.25) is 33.6 Å². The number of fused-ring (bicyclic) bond motifs is 3. The standard InChI is InChI=1S/2C26H20ClF3N4O2.C13H13ClF2N2O2.C13H8FIN2.C10H11ClN2O.C3H4F2O2.CH5N/c2*1-26(29,30)25(36)32-21-13-23(35)33(24(21)15-3-2-4-17(27)11-15)20-9-10-22-16(12-20)14-31-34(22)19-7-5-18(28)6-8-19;1-13(15,16)12(20)17-9-6-10(19)18-11(9)7-3-2-4-8(14)5-7;14-10-1-4-12(5-2-10)17-13-6-3-11(15)7-9(13)8-16-17;11-7-3-1-2-6(4-7)10-8(12)5-9(14)13-10;1-3(4,5)2(6)7;1-2/h2*2-12,14,21,24H,13H2,1H3,(H,32,36);2-5,9,11H,6H2,1H3,(H,17,20)(H,18,19);1-8H;1-4,8,10H,5,12H2,(H,13,14);1H3,(H,6,7);2H2,1H3/t2*21-,24+;9-,11+;;8-,10+;;/m100.0../s1. The molecule has 0 spiro atoms. The van der Waals surface area contributed by atoms with Crippen LogP contribution in [0.2, 0.25) is 20.1 Å². The Balaban J connectivity index is 0.000000162. The van der Waals surface area contributed by atoms with Crippen molar-refractivity contribution in [1.29, 1.82) is 0 Å². The highest BCUT2D eigenvalue weighted by molar-refractivity contribution is 14.1. The molecule has 3 aromatic heterocycles. The molecule has 8 atom stereocenters. The van der Waals surface area contributed by atoms with Gasteiger partial charge in [0.15, 0.2) is 0 Å². The Morgan fingerprint density at radius 2 is 0.697 bits per heavy atom. The quantitative estimate of drug-likeness (QED) is 0.0329. The van der Waals surface area contributed by atoms with Crippen LogP contribution in [0.25, 0.3) is 49.8 Å². The SMILES string of the molecule is CC(F)(F)C(=O)N[C@@H]1CC(=O)N(c2ccc3c(cnn3-c3ccc(F)cc3)c2)[C@H]1c1cccc(Cl)c1.CC(F)(F)C(=O)N[C@H]1CC(=O)N(c2ccc3c(cnn3-c3ccc(F)cc3)c2)[C@@H]1c1cccc(Cl)c1.CC(F)(F)C(=O)N[C@H]1CC(=O)N[C@@H]1c1cccc(Cl)c1.CC(F)(F)C(=O)O.CN.Fc1ccc(-n2ncc3cc(I)ccc32)cc1.N[C@H]1CC(=O)N[C@@H]1c1cccc(Cl)c1. The van der Waals surface area contributed by atoms with Gasteiger partial charge < -0.3 is 53.0 Å². The molecular formula is C92H81Cl4F11IN15O9. The molecule has 4 fully saturated rings. The average Bonchev–Trinajstić information content (AvgIpc) is 1.61. The van der Waals surface area contributed by atoms with Crippen LogP contribution in [0.5, 0.6) is 0 Å². The summed E-state index contributed by atoms with van der Waals surface area (Å²) in [6, 6.07) is 57.4. The molecule has 40 heteroatoms. The molecule has 4 aliphatic rings. The van der Waals surface area contributed by atoms with Crippen LogP contribution in [0.15, 0.2) is 243 Å². The van der Waals surface area contributed by atoms with Crippen molar-refractivity contribution in [3.05, 3.63) is 306 Å². The van der Waals surface area contributed by atoms with Gasteiger partial charge in [-0.1, -0.05) is 94.9 Å². The number of nitrogens with one attached hydrogen (secondary N) is 5. The van der Waals surface area contributed by atoms with E-state index in [0.29, 0.717) is 104 Å². The molecule has 10 aromatic carbocycles. The maximum atomic E-state index is 13.7. The van der Waals surface area contributed by atoms with Gasteiger partial charge in [0, 0.05) is 111 Å². The Morgan fingerprint density at radius 3 is 1.02 bits per heavy atom. The number of nitrogens with two attached hydrogens (primary N) is 2. The van der Waals surface area contributed by atoms with E-state index in [4.69, 9.17) is 57.2 Å². The lowest BCUT2D eigenvalue weighted by Gasteiger charge is -2.30. The minimum Gasteiger partial charge on any atom is -0.477 e. The van der Waals surface area contributed by atoms with Crippen LogP contribution >= 0.6 is 69.0 Å². The molecule has 7 heterocycles. The Morgan fingerprint density at radius 1 is 0.402 bits per heavy atom. The lowest BCUT2D eigenvalue weighted by atomic mass is 9.99. The molecule has 4 aliphatic heterocycles. The van der Waals surface area contributed by atoms with Gasteiger partial charge >= 0.3 is 29.7 Å². The third-order valence-electron chi connectivity index (χ3n) is 20.7. The monoisotopic (exact) mass is 2020 g/mol. The van der Waals surface area contributed by atoms with Crippen molar-refractivity contribution in [2.24, 2.45) is 11.5 Å². The zero-order valence-electron chi connectivity index (χ0n) is 70.0. The first kappa shape index (κ1) is 100.0. The summed E-state index contributed by atoms with van der Waals surface area (Å²) in [5.74, 6) is -22.6. The van der Waals surface area contributed by atoms with E-state index < -0.39 is 83.6 Å². The topological polar surface area (TPSA) is 329 Å². The number of anilines is 2. The minimum absolute atomic E-state index is 0.00229. The first-order valence-corrected chi connectivity index (χ1v) is 42.6. The summed E-state index contributed by atoms with van der Waals surface area (Å²) < 4.78 is 149. The third-order valence-corrected chi connectivity index (χ3v) is 22.3. The Hall–Kier alpha value is -12.6. The number of nitrogens with zero attached hydrogens (tertiary/aromatic N) is 8. The van der Waals surface area contributed by atoms with Gasteiger partial charge in [-0.05, 0) is 228 Å². The Kier molecular flexibility index (Phi) is 32.4. The molecule has 7 amide bonds. The Bertz CT molecular complexity index is 6160. The van der Waals surface area contributed by atoms with Crippen LogP contribution < -0.4 is 47.9 Å². The number of rotatable bonds is 16. The number of carbonyl (C=O) groups excluding carboxylic acids is 7. The van der Waals surface area contributed by atoms with Crippen molar-refractivity contribution in [3.8, 4) is 17.1 Å². The number of amides is 7. The molecule has 0 saturated carbocycles. The first-order chi connectivity index (χ1) is 62.3. The van der Waals surface area contributed by atoms with Crippen molar-refractivity contribution < 1.29 is 91.8 Å². The molecule has 132 heavy (non-hydrogen) atoms. The highest BCUT2D eigenvalue weighted by atomic mass is 127. The van der Waals surface area contributed by atoms with Gasteiger partial charge in [-0.25, -0.2) is 32.0 Å². The van der Waals surface area contributed by atoms with E-state index in [1.54, 1.807) is 173 Å². The maximum absolute atomic E-state index is 13.7. The average molecular weight is 2020 g/mol. The van der Waals surface area contributed by atoms with Crippen molar-refractivity contribution in [1.82, 2.24) is 55.9 Å². The highest BCUT2D eigenvalue weighted by Crippen LogP contribution is 2.43. The lowest BCUT2D eigenvalue weighted by molar-refractivity contribution is -0.162. The number of aromatic nitrogens is 6. The summed E-state index contributed by atoms with van der Waals surface area (Å²) in [7, 11) is 1.50. The molecule has 0 radical (unpaired) electrons. The zero-order chi connectivity index (χ0) is 96.2. The number of carboxylic acid groups (broad SMARTS) is 1. The van der Waals surface area contributed by atoms with Crippen LogP contribution in [0.1, 0.15) is 99.8 Å². The summed E-state index contributed by atoms with van der Waals surface area (Å²) in [5, 5.41) is 37.4. The number of carbonyl (C=O) groups is 8. The predicted octanol–water partition coefficient (Wildman–Crippen LogP) is 18.2. The van der Waals surface area contributed by atoms with Crippen LogP contribution in [0.3, 0.4) is 0 Å². The van der Waals surface area contributed by atoms with Gasteiger partial charge in [0.1, 0.15) is 17.5 Å². The summed E-state index contributed by atoms with van der Waals surface area (Å²) in [4.78, 5) is 96.7. The fraction of sp³-hybridized carbons (Fsp3) is 0.228. The summed E-state index contributed by atoms with van der Waals surface area (Å²) in [6.07, 6.45) is 5.08. The largest absolute Gasteiger partial charge is 0.477 e. The summed E-state index contributed by atoms with van der Waals surface area (Å²) in [6.45, 7) is 1.87.